The Labute approximate surface area is 200 Å². The smallest absolute Gasteiger partial charge is 0.254 e. The number of hydrogen-bond donors (Lipinski definition) is 1. The number of methoxy groups -OCH3 is 1. The highest BCUT2D eigenvalue weighted by atomic mass is 32.2. The highest BCUT2D eigenvalue weighted by Gasteiger charge is 2.46. The highest BCUT2D eigenvalue weighted by molar-refractivity contribution is 7.89. The zero-order valence-electron chi connectivity index (χ0n) is 19.7. The Morgan fingerprint density at radius 3 is 2.44 bits per heavy atom. The molecule has 1 atom stereocenters. The van der Waals surface area contributed by atoms with Crippen molar-refractivity contribution in [1.29, 1.82) is 0 Å². The van der Waals surface area contributed by atoms with E-state index in [0.717, 1.165) is 37.0 Å². The second-order valence-corrected chi connectivity index (χ2v) is 11.1. The molecule has 8 nitrogen and oxygen atoms in total. The van der Waals surface area contributed by atoms with Gasteiger partial charge in [-0.15, -0.1) is 0 Å². The molecule has 1 aliphatic carbocycles. The van der Waals surface area contributed by atoms with Crippen molar-refractivity contribution < 1.29 is 27.4 Å². The molecule has 1 saturated carbocycles. The van der Waals surface area contributed by atoms with Crippen LogP contribution in [0.2, 0.25) is 0 Å². The lowest BCUT2D eigenvalue weighted by Gasteiger charge is -2.46. The van der Waals surface area contributed by atoms with Gasteiger partial charge in [0.05, 0.1) is 13.2 Å². The molecule has 2 aliphatic heterocycles. The average Bonchev–Trinajstić information content (AvgIpc) is 3.34. The average molecular weight is 487 g/mol. The van der Waals surface area contributed by atoms with Crippen molar-refractivity contribution >= 4 is 15.9 Å². The molecular weight excluding hydrogens is 456 g/mol. The molecule has 34 heavy (non-hydrogen) atoms. The molecule has 0 bridgehead atoms. The predicted octanol–water partition coefficient (Wildman–Crippen LogP) is 3.40. The molecule has 0 aromatic heterocycles. The SMILES string of the molecule is CNS(=O)(=O)c1cc(C(=O)N2CC3(CCCC3)c3cc4c(cc3[C@H]2C)OCCO4)ccc1OC. The number of carbonyl (C=O) groups excluding carboxylic acids is 1. The minimum absolute atomic E-state index is 0.0522. The van der Waals surface area contributed by atoms with Gasteiger partial charge in [-0.3, -0.25) is 4.79 Å². The van der Waals surface area contributed by atoms with Crippen LogP contribution in [-0.2, 0) is 15.4 Å². The predicted molar refractivity (Wildman–Crippen MR) is 126 cm³/mol. The summed E-state index contributed by atoms with van der Waals surface area (Å²) in [6.07, 6.45) is 4.21. The van der Waals surface area contributed by atoms with Gasteiger partial charge in [0, 0.05) is 17.5 Å². The van der Waals surface area contributed by atoms with Crippen molar-refractivity contribution in [2.75, 3.05) is 33.9 Å². The number of fused-ring (bicyclic) bond motifs is 3. The molecule has 0 unspecified atom stereocenters. The second-order valence-electron chi connectivity index (χ2n) is 9.25. The molecule has 1 fully saturated rings. The largest absolute Gasteiger partial charge is 0.495 e. The van der Waals surface area contributed by atoms with E-state index in [0.29, 0.717) is 31.1 Å². The molecule has 182 valence electrons. The standard InChI is InChI=1S/C25H30N2O6S/c1-16-18-13-21-22(33-11-10-32-21)14-19(18)25(8-4-5-9-25)15-27(16)24(28)17-6-7-20(31-3)23(12-17)34(29,30)26-2/h6-7,12-14,16,26H,4-5,8-11,15H2,1-3H3/t16-/m1/s1. The molecule has 1 spiro atoms. The number of nitrogens with zero attached hydrogens (tertiary/aromatic N) is 1. The lowest BCUT2D eigenvalue weighted by atomic mass is 9.71. The van der Waals surface area contributed by atoms with Gasteiger partial charge in [-0.2, -0.15) is 0 Å². The number of nitrogens with one attached hydrogen (secondary N) is 1. The van der Waals surface area contributed by atoms with E-state index in [1.807, 2.05) is 17.9 Å². The fourth-order valence-electron chi connectivity index (χ4n) is 5.65. The topological polar surface area (TPSA) is 94.2 Å². The fourth-order valence-corrected chi connectivity index (χ4v) is 6.57. The van der Waals surface area contributed by atoms with Crippen molar-refractivity contribution in [3.05, 3.63) is 47.0 Å². The van der Waals surface area contributed by atoms with Crippen molar-refractivity contribution in [3.8, 4) is 17.2 Å². The van der Waals surface area contributed by atoms with E-state index in [9.17, 15) is 13.2 Å². The summed E-state index contributed by atoms with van der Waals surface area (Å²) in [6, 6.07) is 8.52. The summed E-state index contributed by atoms with van der Waals surface area (Å²) in [4.78, 5) is 15.7. The van der Waals surface area contributed by atoms with Crippen molar-refractivity contribution in [3.63, 3.8) is 0 Å². The van der Waals surface area contributed by atoms with Crippen LogP contribution in [0.15, 0.2) is 35.2 Å². The van der Waals surface area contributed by atoms with Gasteiger partial charge >= 0.3 is 0 Å². The third kappa shape index (κ3) is 3.62. The second kappa shape index (κ2) is 8.46. The normalized spacial score (nSPS) is 20.8. The number of hydrogen-bond acceptors (Lipinski definition) is 6. The van der Waals surface area contributed by atoms with Crippen molar-refractivity contribution in [1.82, 2.24) is 9.62 Å². The minimum Gasteiger partial charge on any atom is -0.495 e. The van der Waals surface area contributed by atoms with Crippen LogP contribution < -0.4 is 18.9 Å². The maximum absolute atomic E-state index is 13.8. The minimum atomic E-state index is -3.80. The first-order valence-electron chi connectivity index (χ1n) is 11.7. The lowest BCUT2D eigenvalue weighted by molar-refractivity contribution is 0.0593. The third-order valence-electron chi connectivity index (χ3n) is 7.47. The molecule has 5 rings (SSSR count). The Bertz CT molecular complexity index is 1240. The van der Waals surface area contributed by atoms with Gasteiger partial charge in [-0.05, 0) is 68.3 Å². The summed E-state index contributed by atoms with van der Waals surface area (Å²) in [6.45, 7) is 3.64. The maximum atomic E-state index is 13.8. The van der Waals surface area contributed by atoms with E-state index in [4.69, 9.17) is 14.2 Å². The molecule has 2 aromatic rings. The first-order chi connectivity index (χ1) is 16.3. The zero-order valence-corrected chi connectivity index (χ0v) is 20.5. The van der Waals surface area contributed by atoms with E-state index in [1.165, 1.54) is 31.9 Å². The molecular formula is C25H30N2O6S. The summed E-state index contributed by atoms with van der Waals surface area (Å²) in [5.41, 5.74) is 2.50. The maximum Gasteiger partial charge on any atom is 0.254 e. The lowest BCUT2D eigenvalue weighted by Crippen LogP contribution is -2.48. The van der Waals surface area contributed by atoms with Crippen LogP contribution >= 0.6 is 0 Å². The summed E-state index contributed by atoms with van der Waals surface area (Å²) >= 11 is 0. The van der Waals surface area contributed by atoms with Gasteiger partial charge < -0.3 is 19.1 Å². The summed E-state index contributed by atoms with van der Waals surface area (Å²) in [5, 5.41) is 0. The van der Waals surface area contributed by atoms with Gasteiger partial charge in [0.25, 0.3) is 5.91 Å². The molecule has 9 heteroatoms. The van der Waals surface area contributed by atoms with Crippen LogP contribution in [0.25, 0.3) is 0 Å². The van der Waals surface area contributed by atoms with Crippen LogP contribution in [0.3, 0.4) is 0 Å². The van der Waals surface area contributed by atoms with Gasteiger partial charge in [-0.1, -0.05) is 12.8 Å². The molecule has 0 radical (unpaired) electrons. The summed E-state index contributed by atoms with van der Waals surface area (Å²) in [7, 11) is -1.05. The van der Waals surface area contributed by atoms with E-state index in [2.05, 4.69) is 10.8 Å². The Balaban J connectivity index is 1.58. The molecule has 2 aromatic carbocycles. The number of benzene rings is 2. The first-order valence-corrected chi connectivity index (χ1v) is 13.1. The van der Waals surface area contributed by atoms with Crippen LogP contribution in [0.5, 0.6) is 17.2 Å². The van der Waals surface area contributed by atoms with Crippen molar-refractivity contribution in [2.45, 2.75) is 49.0 Å². The van der Waals surface area contributed by atoms with E-state index in [-0.39, 0.29) is 28.0 Å². The molecule has 0 saturated heterocycles. The number of ether oxygens (including phenoxy) is 3. The van der Waals surface area contributed by atoms with Gasteiger partial charge in [0.1, 0.15) is 23.9 Å². The van der Waals surface area contributed by atoms with Crippen LogP contribution in [-0.4, -0.2) is 53.1 Å². The van der Waals surface area contributed by atoms with E-state index in [1.54, 1.807) is 6.07 Å². The highest BCUT2D eigenvalue weighted by Crippen LogP contribution is 2.52. The first kappa shape index (κ1) is 23.0. The van der Waals surface area contributed by atoms with Gasteiger partial charge in [0.2, 0.25) is 10.0 Å². The zero-order chi connectivity index (χ0) is 24.1. The number of amides is 1. The number of rotatable bonds is 4. The Morgan fingerprint density at radius 1 is 1.12 bits per heavy atom. The monoisotopic (exact) mass is 486 g/mol. The van der Waals surface area contributed by atoms with E-state index >= 15 is 0 Å². The third-order valence-corrected chi connectivity index (χ3v) is 8.90. The Kier molecular flexibility index (Phi) is 5.72. The fraction of sp³-hybridized carbons (Fsp3) is 0.480. The van der Waals surface area contributed by atoms with E-state index < -0.39 is 10.0 Å². The van der Waals surface area contributed by atoms with Crippen LogP contribution in [0.1, 0.15) is 60.1 Å². The summed E-state index contributed by atoms with van der Waals surface area (Å²) in [5.74, 6) is 1.49. The van der Waals surface area contributed by atoms with Crippen molar-refractivity contribution in [2.24, 2.45) is 0 Å². The molecule has 1 amide bonds. The van der Waals surface area contributed by atoms with Crippen LogP contribution in [0.4, 0.5) is 0 Å². The molecule has 1 N–H and O–H groups in total. The quantitative estimate of drug-likeness (QED) is 0.712. The Morgan fingerprint density at radius 2 is 1.79 bits per heavy atom. The molecule has 3 aliphatic rings. The Hall–Kier alpha value is -2.78. The number of sulfonamides is 1. The van der Waals surface area contributed by atoms with Crippen LogP contribution in [0, 0.1) is 0 Å². The summed E-state index contributed by atoms with van der Waals surface area (Å²) < 4.78 is 44.4. The molecule has 2 heterocycles. The van der Waals surface area contributed by atoms with Gasteiger partial charge in [-0.25, -0.2) is 13.1 Å². The number of carbonyl (C=O) groups is 1. The van der Waals surface area contributed by atoms with Gasteiger partial charge in [0.15, 0.2) is 11.5 Å².